The van der Waals surface area contributed by atoms with Crippen LogP contribution in [0, 0.1) is 0 Å². The van der Waals surface area contributed by atoms with E-state index >= 15 is 0 Å². The number of benzene rings is 1. The average molecular weight is 290 g/mol. The molecule has 1 unspecified atom stereocenters. The summed E-state index contributed by atoms with van der Waals surface area (Å²) in [6.45, 7) is 6.36. The van der Waals surface area contributed by atoms with Crippen molar-refractivity contribution in [2.45, 2.75) is 39.2 Å². The molecule has 0 bridgehead atoms. The lowest BCUT2D eigenvalue weighted by Crippen LogP contribution is -2.34. The van der Waals surface area contributed by atoms with Crippen LogP contribution in [0.1, 0.15) is 44.7 Å². The number of para-hydroxylation sites is 1. The standard InChI is InChI=1S/C17H26N2O2/c1-4-19(5-2)17(20)21-16-12-7-6-10-14(16)15-11-8-9-13-18(15)3/h6-7,10,12,15H,4-5,8-9,11,13H2,1-3H3. The fourth-order valence-corrected chi connectivity index (χ4v) is 2.96. The van der Waals surface area contributed by atoms with Gasteiger partial charge in [-0.2, -0.15) is 0 Å². The van der Waals surface area contributed by atoms with Gasteiger partial charge in [0.15, 0.2) is 0 Å². The van der Waals surface area contributed by atoms with Gasteiger partial charge >= 0.3 is 6.09 Å². The minimum absolute atomic E-state index is 0.258. The van der Waals surface area contributed by atoms with Crippen LogP contribution in [0.3, 0.4) is 0 Å². The van der Waals surface area contributed by atoms with Crippen molar-refractivity contribution in [1.29, 1.82) is 0 Å². The van der Waals surface area contributed by atoms with E-state index in [4.69, 9.17) is 4.74 Å². The molecule has 4 nitrogen and oxygen atoms in total. The number of carbonyl (C=O) groups is 1. The molecule has 1 aromatic rings. The summed E-state index contributed by atoms with van der Waals surface area (Å²) in [6.07, 6.45) is 3.34. The van der Waals surface area contributed by atoms with Gasteiger partial charge in [-0.15, -0.1) is 0 Å². The van der Waals surface area contributed by atoms with Gasteiger partial charge in [-0.25, -0.2) is 4.79 Å². The molecule has 2 rings (SSSR count). The van der Waals surface area contributed by atoms with E-state index in [1.54, 1.807) is 4.90 Å². The highest BCUT2D eigenvalue weighted by Gasteiger charge is 2.24. The average Bonchev–Trinajstić information content (AvgIpc) is 2.50. The van der Waals surface area contributed by atoms with Gasteiger partial charge in [-0.05, 0) is 46.3 Å². The first-order valence-corrected chi connectivity index (χ1v) is 7.93. The summed E-state index contributed by atoms with van der Waals surface area (Å²) in [4.78, 5) is 16.2. The first-order valence-electron chi connectivity index (χ1n) is 7.93. The van der Waals surface area contributed by atoms with Gasteiger partial charge in [0.2, 0.25) is 0 Å². The summed E-state index contributed by atoms with van der Waals surface area (Å²) in [5.74, 6) is 0.702. The van der Waals surface area contributed by atoms with Crippen molar-refractivity contribution in [3.63, 3.8) is 0 Å². The topological polar surface area (TPSA) is 32.8 Å². The Kier molecular flexibility index (Phi) is 5.62. The summed E-state index contributed by atoms with van der Waals surface area (Å²) < 4.78 is 5.65. The molecule has 1 aliphatic rings. The summed E-state index contributed by atoms with van der Waals surface area (Å²) in [5.41, 5.74) is 1.13. The molecule has 0 saturated carbocycles. The molecule has 4 heteroatoms. The number of rotatable bonds is 4. The number of piperidine rings is 1. The van der Waals surface area contributed by atoms with E-state index in [0.717, 1.165) is 18.5 Å². The van der Waals surface area contributed by atoms with Gasteiger partial charge in [0.1, 0.15) is 5.75 Å². The summed E-state index contributed by atoms with van der Waals surface area (Å²) >= 11 is 0. The monoisotopic (exact) mass is 290 g/mol. The maximum Gasteiger partial charge on any atom is 0.415 e. The number of amides is 1. The van der Waals surface area contributed by atoms with Crippen molar-refractivity contribution in [2.75, 3.05) is 26.7 Å². The molecule has 1 saturated heterocycles. The van der Waals surface area contributed by atoms with Crippen molar-refractivity contribution in [1.82, 2.24) is 9.80 Å². The normalized spacial score (nSPS) is 19.3. The molecule has 0 N–H and O–H groups in total. The second-order valence-corrected chi connectivity index (χ2v) is 5.57. The van der Waals surface area contributed by atoms with Crippen LogP contribution in [0.25, 0.3) is 0 Å². The van der Waals surface area contributed by atoms with E-state index in [9.17, 15) is 4.79 Å². The quantitative estimate of drug-likeness (QED) is 0.848. The predicted octanol–water partition coefficient (Wildman–Crippen LogP) is 3.68. The third-order valence-corrected chi connectivity index (χ3v) is 4.27. The van der Waals surface area contributed by atoms with Gasteiger partial charge in [0.25, 0.3) is 0 Å². The molecule has 21 heavy (non-hydrogen) atoms. The van der Waals surface area contributed by atoms with Gasteiger partial charge in [-0.3, -0.25) is 4.90 Å². The number of likely N-dealkylation sites (tertiary alicyclic amines) is 1. The number of ether oxygens (including phenoxy) is 1. The van der Waals surface area contributed by atoms with Crippen molar-refractivity contribution >= 4 is 6.09 Å². The van der Waals surface area contributed by atoms with Crippen LogP contribution in [-0.4, -0.2) is 42.6 Å². The molecule has 0 spiro atoms. The van der Waals surface area contributed by atoms with Gasteiger partial charge < -0.3 is 9.64 Å². The molecule has 1 fully saturated rings. The molecule has 1 aromatic carbocycles. The minimum atomic E-state index is -0.258. The second-order valence-electron chi connectivity index (χ2n) is 5.57. The molecule has 116 valence electrons. The van der Waals surface area contributed by atoms with Crippen LogP contribution in [0.15, 0.2) is 24.3 Å². The van der Waals surface area contributed by atoms with Crippen LogP contribution >= 0.6 is 0 Å². The lowest BCUT2D eigenvalue weighted by molar-refractivity contribution is 0.152. The van der Waals surface area contributed by atoms with E-state index < -0.39 is 0 Å². The first kappa shape index (κ1) is 15.8. The smallest absolute Gasteiger partial charge is 0.410 e. The van der Waals surface area contributed by atoms with Gasteiger partial charge in [0.05, 0.1) is 0 Å². The Morgan fingerprint density at radius 1 is 1.29 bits per heavy atom. The zero-order valence-electron chi connectivity index (χ0n) is 13.3. The van der Waals surface area contributed by atoms with Crippen molar-refractivity contribution < 1.29 is 9.53 Å². The lowest BCUT2D eigenvalue weighted by Gasteiger charge is -2.33. The highest BCUT2D eigenvalue weighted by atomic mass is 16.6. The Morgan fingerprint density at radius 2 is 2.00 bits per heavy atom. The first-order chi connectivity index (χ1) is 10.2. The number of hydrogen-bond acceptors (Lipinski definition) is 3. The van der Waals surface area contributed by atoms with Crippen molar-refractivity contribution in [2.24, 2.45) is 0 Å². The summed E-state index contributed by atoms with van der Waals surface area (Å²) in [6, 6.07) is 8.28. The van der Waals surface area contributed by atoms with E-state index in [2.05, 4.69) is 18.0 Å². The van der Waals surface area contributed by atoms with Crippen molar-refractivity contribution in [3.8, 4) is 5.75 Å². The van der Waals surface area contributed by atoms with Crippen LogP contribution in [0.4, 0.5) is 4.79 Å². The minimum Gasteiger partial charge on any atom is -0.410 e. The maximum absolute atomic E-state index is 12.2. The zero-order chi connectivity index (χ0) is 15.2. The van der Waals surface area contributed by atoms with E-state index in [1.165, 1.54) is 12.8 Å². The molecule has 1 aliphatic heterocycles. The molecule has 0 aliphatic carbocycles. The SMILES string of the molecule is CCN(CC)C(=O)Oc1ccccc1C1CCCCN1C. The fraction of sp³-hybridized carbons (Fsp3) is 0.588. The molecule has 0 radical (unpaired) electrons. The summed E-state index contributed by atoms with van der Waals surface area (Å²) in [7, 11) is 2.15. The van der Waals surface area contributed by atoms with Crippen LogP contribution in [0.2, 0.25) is 0 Å². The fourth-order valence-electron chi connectivity index (χ4n) is 2.96. The van der Waals surface area contributed by atoms with E-state index in [0.29, 0.717) is 24.9 Å². The highest BCUT2D eigenvalue weighted by molar-refractivity contribution is 5.71. The number of nitrogens with zero attached hydrogens (tertiary/aromatic N) is 2. The van der Waals surface area contributed by atoms with Gasteiger partial charge in [-0.1, -0.05) is 24.6 Å². The Hall–Kier alpha value is -1.55. The Labute approximate surface area is 127 Å². The highest BCUT2D eigenvalue weighted by Crippen LogP contribution is 2.35. The van der Waals surface area contributed by atoms with Crippen LogP contribution in [-0.2, 0) is 0 Å². The molecule has 1 amide bonds. The van der Waals surface area contributed by atoms with E-state index in [1.807, 2.05) is 32.0 Å². The van der Waals surface area contributed by atoms with Crippen LogP contribution < -0.4 is 4.74 Å². The molecule has 1 heterocycles. The maximum atomic E-state index is 12.2. The second kappa shape index (κ2) is 7.46. The molecular formula is C17H26N2O2. The third kappa shape index (κ3) is 3.76. The third-order valence-electron chi connectivity index (χ3n) is 4.27. The molecular weight excluding hydrogens is 264 g/mol. The largest absolute Gasteiger partial charge is 0.415 e. The van der Waals surface area contributed by atoms with Crippen LogP contribution in [0.5, 0.6) is 5.75 Å². The predicted molar refractivity (Wildman–Crippen MR) is 84.6 cm³/mol. The van der Waals surface area contributed by atoms with E-state index in [-0.39, 0.29) is 6.09 Å². The molecule has 0 aromatic heterocycles. The summed E-state index contributed by atoms with van der Waals surface area (Å²) in [5, 5.41) is 0. The van der Waals surface area contributed by atoms with Gasteiger partial charge in [0, 0.05) is 24.7 Å². The zero-order valence-corrected chi connectivity index (χ0v) is 13.3. The number of hydrogen-bond donors (Lipinski definition) is 0. The Bertz CT molecular complexity index is 472. The molecule has 1 atom stereocenters. The Morgan fingerprint density at radius 3 is 2.67 bits per heavy atom. The Balaban J connectivity index is 2.18. The lowest BCUT2D eigenvalue weighted by atomic mass is 9.95. The van der Waals surface area contributed by atoms with Crippen molar-refractivity contribution in [3.05, 3.63) is 29.8 Å². The number of carbonyl (C=O) groups excluding carboxylic acids is 1.